The molecule has 0 bridgehead atoms. The molecule has 5 nitrogen and oxygen atoms in total. The molecule has 0 atom stereocenters. The Morgan fingerprint density at radius 2 is 1.85 bits per heavy atom. The third-order valence-electron chi connectivity index (χ3n) is 3.93. The SMILES string of the molecule is CC(C)CCN(C(=O)NC(C)(C)C(=O)O)C1CCCC1. The van der Waals surface area contributed by atoms with E-state index in [1.165, 1.54) is 13.8 Å². The molecule has 0 aromatic rings. The van der Waals surface area contributed by atoms with Gasteiger partial charge in [-0.1, -0.05) is 26.7 Å². The summed E-state index contributed by atoms with van der Waals surface area (Å²) in [6.07, 6.45) is 5.30. The number of hydrogen-bond donors (Lipinski definition) is 2. The first-order valence-electron chi connectivity index (χ1n) is 7.56. The van der Waals surface area contributed by atoms with Gasteiger partial charge in [0.2, 0.25) is 0 Å². The monoisotopic (exact) mass is 284 g/mol. The van der Waals surface area contributed by atoms with Gasteiger partial charge in [0.25, 0.3) is 0 Å². The van der Waals surface area contributed by atoms with Crippen LogP contribution in [0, 0.1) is 5.92 Å². The summed E-state index contributed by atoms with van der Waals surface area (Å²) in [5, 5.41) is 11.8. The highest BCUT2D eigenvalue weighted by Crippen LogP contribution is 2.24. The lowest BCUT2D eigenvalue weighted by molar-refractivity contribution is -0.143. The van der Waals surface area contributed by atoms with Gasteiger partial charge in [0, 0.05) is 12.6 Å². The van der Waals surface area contributed by atoms with Crippen LogP contribution >= 0.6 is 0 Å². The van der Waals surface area contributed by atoms with Crippen LogP contribution in [0.3, 0.4) is 0 Å². The van der Waals surface area contributed by atoms with Crippen molar-refractivity contribution in [1.82, 2.24) is 10.2 Å². The maximum Gasteiger partial charge on any atom is 0.328 e. The van der Waals surface area contributed by atoms with E-state index in [1.54, 1.807) is 0 Å². The molecule has 1 rings (SSSR count). The number of aliphatic carboxylic acids is 1. The van der Waals surface area contributed by atoms with Crippen molar-refractivity contribution in [2.75, 3.05) is 6.54 Å². The van der Waals surface area contributed by atoms with Crippen LogP contribution in [0.5, 0.6) is 0 Å². The van der Waals surface area contributed by atoms with Crippen LogP contribution in [-0.4, -0.2) is 40.1 Å². The Balaban J connectivity index is 2.70. The lowest BCUT2D eigenvalue weighted by Gasteiger charge is -2.33. The highest BCUT2D eigenvalue weighted by molar-refractivity contribution is 5.85. The third kappa shape index (κ3) is 4.69. The molecule has 0 aliphatic heterocycles. The van der Waals surface area contributed by atoms with Gasteiger partial charge in [0.15, 0.2) is 0 Å². The van der Waals surface area contributed by atoms with Gasteiger partial charge in [-0.05, 0) is 39.0 Å². The van der Waals surface area contributed by atoms with E-state index in [1.807, 2.05) is 4.90 Å². The predicted molar refractivity (Wildman–Crippen MR) is 78.7 cm³/mol. The Hall–Kier alpha value is -1.26. The number of carbonyl (C=O) groups excluding carboxylic acids is 1. The molecule has 0 spiro atoms. The predicted octanol–water partition coefficient (Wildman–Crippen LogP) is 2.85. The number of urea groups is 1. The molecule has 2 N–H and O–H groups in total. The van der Waals surface area contributed by atoms with E-state index in [0.29, 0.717) is 12.5 Å². The molecule has 2 amide bonds. The van der Waals surface area contributed by atoms with Crippen molar-refractivity contribution in [3.8, 4) is 0 Å². The maximum absolute atomic E-state index is 12.4. The summed E-state index contributed by atoms with van der Waals surface area (Å²) in [5.41, 5.74) is -1.23. The van der Waals surface area contributed by atoms with Crippen LogP contribution in [0.4, 0.5) is 4.79 Å². The number of carboxylic acids is 1. The van der Waals surface area contributed by atoms with Gasteiger partial charge in [-0.25, -0.2) is 9.59 Å². The number of rotatable bonds is 6. The molecular formula is C15H28N2O3. The number of carboxylic acid groups (broad SMARTS) is 1. The first-order valence-corrected chi connectivity index (χ1v) is 7.56. The van der Waals surface area contributed by atoms with Gasteiger partial charge in [-0.15, -0.1) is 0 Å². The second-order valence-corrected chi connectivity index (χ2v) is 6.67. The quantitative estimate of drug-likeness (QED) is 0.788. The van der Waals surface area contributed by atoms with E-state index in [-0.39, 0.29) is 12.1 Å². The van der Waals surface area contributed by atoms with E-state index >= 15 is 0 Å². The Morgan fingerprint density at radius 1 is 1.30 bits per heavy atom. The molecule has 0 aromatic heterocycles. The first-order chi connectivity index (χ1) is 9.24. The summed E-state index contributed by atoms with van der Waals surface area (Å²) in [5.74, 6) is -0.486. The number of carbonyl (C=O) groups is 2. The van der Waals surface area contributed by atoms with Crippen LogP contribution in [0.15, 0.2) is 0 Å². The minimum atomic E-state index is -1.23. The molecule has 20 heavy (non-hydrogen) atoms. The standard InChI is InChI=1S/C15H28N2O3/c1-11(2)9-10-17(12-7-5-6-8-12)14(20)16-15(3,4)13(18)19/h11-12H,5-10H2,1-4H3,(H,16,20)(H,18,19). The molecule has 0 saturated heterocycles. The number of nitrogens with zero attached hydrogens (tertiary/aromatic N) is 1. The summed E-state index contributed by atoms with van der Waals surface area (Å²) in [6.45, 7) is 7.99. The first kappa shape index (κ1) is 16.8. The van der Waals surface area contributed by atoms with Crippen LogP contribution in [0.25, 0.3) is 0 Å². The summed E-state index contributed by atoms with van der Waals surface area (Å²) < 4.78 is 0. The van der Waals surface area contributed by atoms with Gasteiger partial charge in [-0.3, -0.25) is 0 Å². The molecule has 1 saturated carbocycles. The lowest BCUT2D eigenvalue weighted by Crippen LogP contribution is -2.56. The molecule has 0 radical (unpaired) electrons. The zero-order valence-electron chi connectivity index (χ0n) is 13.1. The Bertz CT molecular complexity index is 347. The van der Waals surface area contributed by atoms with Gasteiger partial charge in [0.05, 0.1) is 0 Å². The lowest BCUT2D eigenvalue weighted by atomic mass is 10.1. The van der Waals surface area contributed by atoms with Crippen molar-refractivity contribution in [2.45, 2.75) is 71.4 Å². The number of hydrogen-bond acceptors (Lipinski definition) is 2. The summed E-state index contributed by atoms with van der Waals surface area (Å²) >= 11 is 0. The second kappa shape index (κ2) is 6.95. The Labute approximate surface area is 121 Å². The van der Waals surface area contributed by atoms with Crippen LogP contribution in [0.2, 0.25) is 0 Å². The van der Waals surface area contributed by atoms with Gasteiger partial charge in [-0.2, -0.15) is 0 Å². The zero-order valence-corrected chi connectivity index (χ0v) is 13.1. The maximum atomic E-state index is 12.4. The zero-order chi connectivity index (χ0) is 15.3. The fraction of sp³-hybridized carbons (Fsp3) is 0.867. The molecule has 5 heteroatoms. The molecule has 1 aliphatic carbocycles. The molecular weight excluding hydrogens is 256 g/mol. The van der Waals surface area contributed by atoms with Crippen molar-refractivity contribution in [1.29, 1.82) is 0 Å². The highest BCUT2D eigenvalue weighted by Gasteiger charge is 2.33. The fourth-order valence-corrected chi connectivity index (χ4v) is 2.46. The van der Waals surface area contributed by atoms with E-state index in [9.17, 15) is 9.59 Å². The summed E-state index contributed by atoms with van der Waals surface area (Å²) in [6, 6.07) is 0.0169. The topological polar surface area (TPSA) is 69.6 Å². The molecule has 0 unspecified atom stereocenters. The minimum absolute atomic E-state index is 0.245. The van der Waals surface area contributed by atoms with E-state index in [0.717, 1.165) is 32.1 Å². The van der Waals surface area contributed by atoms with E-state index in [2.05, 4.69) is 19.2 Å². The average molecular weight is 284 g/mol. The smallest absolute Gasteiger partial charge is 0.328 e. The minimum Gasteiger partial charge on any atom is -0.480 e. The van der Waals surface area contributed by atoms with Crippen molar-refractivity contribution in [2.24, 2.45) is 5.92 Å². The molecule has 1 aliphatic rings. The molecule has 1 fully saturated rings. The molecule has 116 valence electrons. The second-order valence-electron chi connectivity index (χ2n) is 6.67. The van der Waals surface area contributed by atoms with E-state index in [4.69, 9.17) is 5.11 Å². The third-order valence-corrected chi connectivity index (χ3v) is 3.93. The molecule has 0 aromatic carbocycles. The van der Waals surface area contributed by atoms with Gasteiger partial charge < -0.3 is 15.3 Å². The van der Waals surface area contributed by atoms with Crippen LogP contribution in [0.1, 0.15) is 59.8 Å². The van der Waals surface area contributed by atoms with Gasteiger partial charge >= 0.3 is 12.0 Å². The van der Waals surface area contributed by atoms with Crippen molar-refractivity contribution in [3.05, 3.63) is 0 Å². The highest BCUT2D eigenvalue weighted by atomic mass is 16.4. The largest absolute Gasteiger partial charge is 0.480 e. The summed E-state index contributed by atoms with van der Waals surface area (Å²) in [4.78, 5) is 25.4. The van der Waals surface area contributed by atoms with Crippen molar-refractivity contribution >= 4 is 12.0 Å². The van der Waals surface area contributed by atoms with Crippen molar-refractivity contribution in [3.63, 3.8) is 0 Å². The summed E-state index contributed by atoms with van der Waals surface area (Å²) in [7, 11) is 0. The number of amides is 2. The Morgan fingerprint density at radius 3 is 2.30 bits per heavy atom. The normalized spacial score (nSPS) is 16.4. The van der Waals surface area contributed by atoms with E-state index < -0.39 is 11.5 Å². The van der Waals surface area contributed by atoms with Crippen LogP contribution in [-0.2, 0) is 4.79 Å². The fourth-order valence-electron chi connectivity index (χ4n) is 2.46. The van der Waals surface area contributed by atoms with Crippen molar-refractivity contribution < 1.29 is 14.7 Å². The average Bonchev–Trinajstić information content (AvgIpc) is 2.81. The number of nitrogens with one attached hydrogen (secondary N) is 1. The molecule has 0 heterocycles. The Kier molecular flexibility index (Phi) is 5.84. The van der Waals surface area contributed by atoms with Gasteiger partial charge in [0.1, 0.15) is 5.54 Å². The van der Waals surface area contributed by atoms with Crippen LogP contribution < -0.4 is 5.32 Å².